The van der Waals surface area contributed by atoms with E-state index < -0.39 is 0 Å². The van der Waals surface area contributed by atoms with Crippen LogP contribution in [0.3, 0.4) is 0 Å². The highest BCUT2D eigenvalue weighted by molar-refractivity contribution is 5.90. The van der Waals surface area contributed by atoms with Gasteiger partial charge in [-0.15, -0.1) is 0 Å². The van der Waals surface area contributed by atoms with Crippen LogP contribution in [0.4, 0.5) is 0 Å². The first kappa shape index (κ1) is 17.3. The zero-order valence-electron chi connectivity index (χ0n) is 14.5. The summed E-state index contributed by atoms with van der Waals surface area (Å²) in [6, 6.07) is 15.4. The predicted molar refractivity (Wildman–Crippen MR) is 103 cm³/mol. The van der Waals surface area contributed by atoms with Gasteiger partial charge in [-0.25, -0.2) is 4.98 Å². The number of aromatic amines is 1. The molecule has 0 unspecified atom stereocenters. The fraction of sp³-hybridized carbons (Fsp3) is 0.143. The molecule has 0 aliphatic heterocycles. The number of benzene rings is 2. The molecule has 26 heavy (non-hydrogen) atoms. The van der Waals surface area contributed by atoms with E-state index in [1.807, 2.05) is 49.4 Å². The number of rotatable bonds is 7. The van der Waals surface area contributed by atoms with E-state index in [-0.39, 0.29) is 0 Å². The summed E-state index contributed by atoms with van der Waals surface area (Å²) in [5.41, 5.74) is 3.00. The number of hydrogen-bond acceptors (Lipinski definition) is 4. The highest BCUT2D eigenvalue weighted by atomic mass is 16.5. The molecule has 1 aromatic heterocycles. The summed E-state index contributed by atoms with van der Waals surface area (Å²) in [4.78, 5) is 7.66. The first-order chi connectivity index (χ1) is 12.7. The second-order valence-corrected chi connectivity index (χ2v) is 5.51. The average Bonchev–Trinajstić information content (AvgIpc) is 3.09. The zero-order chi connectivity index (χ0) is 18.4. The molecule has 1 heterocycles. The smallest absolute Gasteiger partial charge is 0.161 e. The van der Waals surface area contributed by atoms with E-state index in [1.54, 1.807) is 12.2 Å². The van der Waals surface area contributed by atoms with Crippen LogP contribution in [-0.2, 0) is 0 Å². The lowest BCUT2D eigenvalue weighted by Gasteiger charge is -2.11. The Bertz CT molecular complexity index is 963. The van der Waals surface area contributed by atoms with Crippen LogP contribution in [-0.4, -0.2) is 23.2 Å². The number of allylic oxidation sites excluding steroid dienone is 1. The van der Waals surface area contributed by atoms with E-state index in [9.17, 15) is 5.26 Å². The Kier molecular flexibility index (Phi) is 5.35. The molecule has 0 aliphatic rings. The number of fused-ring (bicyclic) bond motifs is 1. The molecule has 0 saturated carbocycles. The van der Waals surface area contributed by atoms with Gasteiger partial charge in [0.2, 0.25) is 0 Å². The number of nitrogens with zero attached hydrogens (tertiary/aromatic N) is 2. The summed E-state index contributed by atoms with van der Waals surface area (Å²) in [7, 11) is 0. The Morgan fingerprint density at radius 1 is 1.23 bits per heavy atom. The van der Waals surface area contributed by atoms with Gasteiger partial charge in [0.15, 0.2) is 11.5 Å². The van der Waals surface area contributed by atoms with Crippen molar-refractivity contribution >= 4 is 22.7 Å². The minimum absolute atomic E-state index is 0.400. The Labute approximate surface area is 152 Å². The molecule has 3 rings (SSSR count). The highest BCUT2D eigenvalue weighted by Crippen LogP contribution is 2.30. The summed E-state index contributed by atoms with van der Waals surface area (Å²) in [6.45, 7) is 6.48. The Morgan fingerprint density at radius 3 is 2.81 bits per heavy atom. The maximum Gasteiger partial charge on any atom is 0.161 e. The summed E-state index contributed by atoms with van der Waals surface area (Å²) in [6.07, 6.45) is 3.45. The van der Waals surface area contributed by atoms with Gasteiger partial charge in [0, 0.05) is 0 Å². The standard InChI is InChI=1S/C21H19N3O2/c1-3-11-26-19-10-9-15(13-20(19)25-4-2)12-16(14-22)21-23-17-7-5-6-8-18(17)24-21/h3,5-10,12-13H,1,4,11H2,2H3,(H,23,24)/b16-12-. The third kappa shape index (κ3) is 3.76. The number of hydrogen-bond donors (Lipinski definition) is 1. The third-order valence-electron chi connectivity index (χ3n) is 3.70. The number of para-hydroxylation sites is 2. The van der Waals surface area contributed by atoms with Gasteiger partial charge in [0.05, 0.1) is 23.2 Å². The van der Waals surface area contributed by atoms with E-state index in [0.717, 1.165) is 16.6 Å². The van der Waals surface area contributed by atoms with Crippen molar-refractivity contribution in [3.8, 4) is 17.6 Å². The van der Waals surface area contributed by atoms with Crippen LogP contribution in [0.15, 0.2) is 55.1 Å². The number of ether oxygens (including phenoxy) is 2. The molecule has 0 amide bonds. The van der Waals surface area contributed by atoms with Gasteiger partial charge >= 0.3 is 0 Å². The van der Waals surface area contributed by atoms with Crippen molar-refractivity contribution in [3.05, 3.63) is 66.5 Å². The van der Waals surface area contributed by atoms with Gasteiger partial charge in [0.1, 0.15) is 18.5 Å². The summed E-state index contributed by atoms with van der Waals surface area (Å²) in [5.74, 6) is 1.81. The number of imidazole rings is 1. The summed E-state index contributed by atoms with van der Waals surface area (Å²) in [5, 5.41) is 9.56. The third-order valence-corrected chi connectivity index (χ3v) is 3.70. The van der Waals surface area contributed by atoms with Gasteiger partial charge in [-0.2, -0.15) is 5.26 Å². The second-order valence-electron chi connectivity index (χ2n) is 5.51. The first-order valence-corrected chi connectivity index (χ1v) is 8.32. The molecular weight excluding hydrogens is 326 g/mol. The van der Waals surface area contributed by atoms with Crippen molar-refractivity contribution in [2.75, 3.05) is 13.2 Å². The molecular formula is C21H19N3O2. The molecule has 0 fully saturated rings. The number of nitriles is 1. The maximum atomic E-state index is 9.56. The van der Waals surface area contributed by atoms with Crippen LogP contribution >= 0.6 is 0 Å². The molecule has 0 spiro atoms. The Hall–Kier alpha value is -3.52. The lowest BCUT2D eigenvalue weighted by atomic mass is 10.1. The Balaban J connectivity index is 1.96. The van der Waals surface area contributed by atoms with Crippen LogP contribution < -0.4 is 9.47 Å². The van der Waals surface area contributed by atoms with Crippen LogP contribution in [0, 0.1) is 11.3 Å². The molecule has 130 valence electrons. The van der Waals surface area contributed by atoms with E-state index in [4.69, 9.17) is 9.47 Å². The summed E-state index contributed by atoms with van der Waals surface area (Å²) >= 11 is 0. The van der Waals surface area contributed by atoms with Crippen LogP contribution in [0.5, 0.6) is 11.5 Å². The van der Waals surface area contributed by atoms with E-state index in [2.05, 4.69) is 22.6 Å². The predicted octanol–water partition coefficient (Wildman–Crippen LogP) is 4.59. The van der Waals surface area contributed by atoms with Crippen molar-refractivity contribution < 1.29 is 9.47 Å². The molecule has 5 heteroatoms. The van der Waals surface area contributed by atoms with Crippen molar-refractivity contribution in [1.29, 1.82) is 5.26 Å². The molecule has 2 aromatic carbocycles. The first-order valence-electron chi connectivity index (χ1n) is 8.32. The minimum Gasteiger partial charge on any atom is -0.490 e. The van der Waals surface area contributed by atoms with Crippen molar-refractivity contribution in [1.82, 2.24) is 9.97 Å². The SMILES string of the molecule is C=CCOc1ccc(/C=C(/C#N)c2nc3ccccc3[nH]2)cc1OCC. The normalized spacial score (nSPS) is 11.2. The topological polar surface area (TPSA) is 70.9 Å². The number of H-pyrrole nitrogens is 1. The molecule has 0 radical (unpaired) electrons. The average molecular weight is 345 g/mol. The molecule has 0 atom stereocenters. The van der Waals surface area contributed by atoms with Gasteiger partial charge in [-0.05, 0) is 42.8 Å². The molecule has 5 nitrogen and oxygen atoms in total. The molecule has 0 bridgehead atoms. The molecule has 0 saturated heterocycles. The molecule has 0 aliphatic carbocycles. The zero-order valence-corrected chi connectivity index (χ0v) is 14.5. The second kappa shape index (κ2) is 8.04. The van der Waals surface area contributed by atoms with E-state index >= 15 is 0 Å². The van der Waals surface area contributed by atoms with Gasteiger partial charge in [-0.1, -0.05) is 30.9 Å². The fourth-order valence-electron chi connectivity index (χ4n) is 2.55. The fourth-order valence-corrected chi connectivity index (χ4v) is 2.55. The molecule has 1 N–H and O–H groups in total. The minimum atomic E-state index is 0.400. The van der Waals surface area contributed by atoms with Crippen LogP contribution in [0.1, 0.15) is 18.3 Å². The largest absolute Gasteiger partial charge is 0.490 e. The van der Waals surface area contributed by atoms with Crippen LogP contribution in [0.25, 0.3) is 22.7 Å². The van der Waals surface area contributed by atoms with Gasteiger partial charge in [-0.3, -0.25) is 0 Å². The molecule has 3 aromatic rings. The lowest BCUT2D eigenvalue weighted by molar-refractivity contribution is 0.297. The maximum absolute atomic E-state index is 9.56. The lowest BCUT2D eigenvalue weighted by Crippen LogP contribution is -1.99. The summed E-state index contributed by atoms with van der Waals surface area (Å²) < 4.78 is 11.3. The van der Waals surface area contributed by atoms with Crippen LogP contribution in [0.2, 0.25) is 0 Å². The number of aromatic nitrogens is 2. The van der Waals surface area contributed by atoms with Crippen molar-refractivity contribution in [2.45, 2.75) is 6.92 Å². The van der Waals surface area contributed by atoms with Crippen molar-refractivity contribution in [2.24, 2.45) is 0 Å². The Morgan fingerprint density at radius 2 is 2.08 bits per heavy atom. The van der Waals surface area contributed by atoms with Gasteiger partial charge in [0.25, 0.3) is 0 Å². The highest BCUT2D eigenvalue weighted by Gasteiger charge is 2.10. The monoisotopic (exact) mass is 345 g/mol. The van der Waals surface area contributed by atoms with Crippen molar-refractivity contribution in [3.63, 3.8) is 0 Å². The number of nitrogens with one attached hydrogen (secondary N) is 1. The van der Waals surface area contributed by atoms with E-state index in [0.29, 0.717) is 36.1 Å². The van der Waals surface area contributed by atoms with E-state index in [1.165, 1.54) is 0 Å². The van der Waals surface area contributed by atoms with Gasteiger partial charge < -0.3 is 14.5 Å². The quantitative estimate of drug-likeness (QED) is 0.502.